The lowest BCUT2D eigenvalue weighted by Gasteiger charge is -2.16. The van der Waals surface area contributed by atoms with Gasteiger partial charge in [-0.05, 0) is 11.1 Å². The van der Waals surface area contributed by atoms with Crippen molar-refractivity contribution >= 4 is 6.09 Å². The maximum Gasteiger partial charge on any atom is 0.410 e. The minimum absolute atomic E-state index is 0.177. The maximum atomic E-state index is 12.3. The zero-order valence-electron chi connectivity index (χ0n) is 15.9. The first-order chi connectivity index (χ1) is 14.2. The van der Waals surface area contributed by atoms with Crippen LogP contribution in [0.15, 0.2) is 73.1 Å². The van der Waals surface area contributed by atoms with Crippen LogP contribution in [0.5, 0.6) is 5.75 Å². The molecular weight excluding hydrogens is 370 g/mol. The Morgan fingerprint density at radius 1 is 1.03 bits per heavy atom. The van der Waals surface area contributed by atoms with Gasteiger partial charge in [0.1, 0.15) is 18.8 Å². The molecular formula is C22H23N3O4. The topological polar surface area (TPSA) is 76.8 Å². The molecule has 2 heterocycles. The lowest BCUT2D eigenvalue weighted by molar-refractivity contribution is 0.0734. The first kappa shape index (κ1) is 19.0. The quantitative estimate of drug-likeness (QED) is 0.697. The normalized spacial score (nSPS) is 18.6. The number of hydrogen-bond donors (Lipinski definition) is 1. The zero-order valence-corrected chi connectivity index (χ0v) is 15.9. The fraction of sp³-hybridized carbons (Fsp3) is 0.273. The Hall–Kier alpha value is -3.32. The SMILES string of the molecule is O=C(OCc1ccccc1)N1C[C@@H](O)[C@H](Oc2cnn(Cc3ccccc3)c2)C1. The predicted molar refractivity (Wildman–Crippen MR) is 106 cm³/mol. The van der Waals surface area contributed by atoms with Crippen LogP contribution in [0.3, 0.4) is 0 Å². The standard InChI is InChI=1S/C22H23N3O4/c26-20-14-24(22(27)28-16-18-9-5-2-6-10-18)15-21(20)29-19-11-23-25(13-19)12-17-7-3-1-4-8-17/h1-11,13,20-21,26H,12,14-16H2/t20-,21-/m1/s1. The van der Waals surface area contributed by atoms with E-state index in [1.807, 2.05) is 60.7 Å². The molecule has 1 aromatic heterocycles. The molecule has 2 atom stereocenters. The van der Waals surface area contributed by atoms with Crippen LogP contribution < -0.4 is 4.74 Å². The Balaban J connectivity index is 1.29. The van der Waals surface area contributed by atoms with Gasteiger partial charge in [-0.1, -0.05) is 60.7 Å². The van der Waals surface area contributed by atoms with Gasteiger partial charge in [0.05, 0.1) is 32.0 Å². The smallest absolute Gasteiger partial charge is 0.410 e. The third kappa shape index (κ3) is 4.94. The van der Waals surface area contributed by atoms with Gasteiger partial charge >= 0.3 is 6.09 Å². The largest absolute Gasteiger partial charge is 0.482 e. The van der Waals surface area contributed by atoms with E-state index in [9.17, 15) is 9.90 Å². The number of nitrogens with zero attached hydrogens (tertiary/aromatic N) is 3. The molecule has 29 heavy (non-hydrogen) atoms. The molecule has 1 amide bonds. The average Bonchev–Trinajstić information content (AvgIpc) is 3.34. The Morgan fingerprint density at radius 2 is 1.72 bits per heavy atom. The molecule has 1 N–H and O–H groups in total. The lowest BCUT2D eigenvalue weighted by atomic mass is 10.2. The maximum absolute atomic E-state index is 12.3. The highest BCUT2D eigenvalue weighted by Gasteiger charge is 2.36. The number of ether oxygens (including phenoxy) is 2. The van der Waals surface area contributed by atoms with Crippen molar-refractivity contribution in [3.05, 3.63) is 84.2 Å². The number of β-amino-alcohol motifs (C(OH)–C–C–N with tert-alkyl or cyclic N) is 1. The van der Waals surface area contributed by atoms with Gasteiger partial charge in [0, 0.05) is 0 Å². The van der Waals surface area contributed by atoms with E-state index in [1.165, 1.54) is 4.90 Å². The van der Waals surface area contributed by atoms with Crippen molar-refractivity contribution in [1.29, 1.82) is 0 Å². The summed E-state index contributed by atoms with van der Waals surface area (Å²) in [6.07, 6.45) is 1.64. The fourth-order valence-electron chi connectivity index (χ4n) is 3.27. The molecule has 0 aliphatic carbocycles. The number of aliphatic hydroxyl groups excluding tert-OH is 1. The molecule has 0 unspecified atom stereocenters. The number of amides is 1. The van der Waals surface area contributed by atoms with Gasteiger partial charge in [0.15, 0.2) is 5.75 Å². The summed E-state index contributed by atoms with van der Waals surface area (Å²) in [7, 11) is 0. The Kier molecular flexibility index (Phi) is 5.76. The minimum Gasteiger partial charge on any atom is -0.482 e. The second-order valence-corrected chi connectivity index (χ2v) is 7.03. The molecule has 1 saturated heterocycles. The van der Waals surface area contributed by atoms with Gasteiger partial charge in [0.2, 0.25) is 0 Å². The van der Waals surface area contributed by atoms with E-state index in [0.29, 0.717) is 12.3 Å². The number of carbonyl (C=O) groups is 1. The molecule has 1 aliphatic rings. The average molecular weight is 393 g/mol. The van der Waals surface area contributed by atoms with Crippen molar-refractivity contribution in [3.63, 3.8) is 0 Å². The highest BCUT2D eigenvalue weighted by molar-refractivity contribution is 5.68. The van der Waals surface area contributed by atoms with Crippen LogP contribution in [-0.4, -0.2) is 51.2 Å². The van der Waals surface area contributed by atoms with Crippen LogP contribution in [0.1, 0.15) is 11.1 Å². The monoisotopic (exact) mass is 393 g/mol. The van der Waals surface area contributed by atoms with E-state index in [4.69, 9.17) is 9.47 Å². The van der Waals surface area contributed by atoms with Gasteiger partial charge in [-0.25, -0.2) is 4.79 Å². The molecule has 0 saturated carbocycles. The van der Waals surface area contributed by atoms with Gasteiger partial charge in [-0.15, -0.1) is 0 Å². The highest BCUT2D eigenvalue weighted by Crippen LogP contribution is 2.20. The molecule has 0 spiro atoms. The van der Waals surface area contributed by atoms with E-state index >= 15 is 0 Å². The molecule has 1 fully saturated rings. The van der Waals surface area contributed by atoms with Crippen molar-refractivity contribution in [2.75, 3.05) is 13.1 Å². The summed E-state index contributed by atoms with van der Waals surface area (Å²) in [5.41, 5.74) is 2.05. The number of likely N-dealkylation sites (tertiary alicyclic amines) is 1. The number of aromatic nitrogens is 2. The zero-order chi connectivity index (χ0) is 20.1. The van der Waals surface area contributed by atoms with Gasteiger partial charge in [-0.3, -0.25) is 4.68 Å². The highest BCUT2D eigenvalue weighted by atomic mass is 16.6. The van der Waals surface area contributed by atoms with Gasteiger partial charge in [-0.2, -0.15) is 5.10 Å². The molecule has 7 heteroatoms. The molecule has 7 nitrogen and oxygen atoms in total. The van der Waals surface area contributed by atoms with Crippen LogP contribution in [0.2, 0.25) is 0 Å². The van der Waals surface area contributed by atoms with E-state index < -0.39 is 18.3 Å². The first-order valence-corrected chi connectivity index (χ1v) is 9.54. The van der Waals surface area contributed by atoms with Crippen LogP contribution in [0, 0.1) is 0 Å². The second kappa shape index (κ2) is 8.79. The Bertz CT molecular complexity index is 930. The number of benzene rings is 2. The van der Waals surface area contributed by atoms with Gasteiger partial charge in [0.25, 0.3) is 0 Å². The summed E-state index contributed by atoms with van der Waals surface area (Å²) >= 11 is 0. The minimum atomic E-state index is -0.781. The van der Waals surface area contributed by atoms with E-state index in [1.54, 1.807) is 17.1 Å². The first-order valence-electron chi connectivity index (χ1n) is 9.54. The molecule has 0 bridgehead atoms. The van der Waals surface area contributed by atoms with Crippen LogP contribution in [-0.2, 0) is 17.9 Å². The Morgan fingerprint density at radius 3 is 2.45 bits per heavy atom. The third-order valence-electron chi connectivity index (χ3n) is 4.78. The molecule has 3 aromatic rings. The van der Waals surface area contributed by atoms with Crippen molar-refractivity contribution in [3.8, 4) is 5.75 Å². The molecule has 2 aromatic carbocycles. The van der Waals surface area contributed by atoms with Crippen LogP contribution >= 0.6 is 0 Å². The molecule has 4 rings (SSSR count). The van der Waals surface area contributed by atoms with Crippen molar-refractivity contribution in [2.24, 2.45) is 0 Å². The van der Waals surface area contributed by atoms with E-state index in [0.717, 1.165) is 11.1 Å². The number of hydrogen-bond acceptors (Lipinski definition) is 5. The molecule has 0 radical (unpaired) electrons. The summed E-state index contributed by atoms with van der Waals surface area (Å²) < 4.78 is 13.0. The lowest BCUT2D eigenvalue weighted by Crippen LogP contribution is -2.31. The number of aliphatic hydroxyl groups is 1. The summed E-state index contributed by atoms with van der Waals surface area (Å²) in [6.45, 7) is 1.27. The number of carbonyl (C=O) groups excluding carboxylic acids is 1. The fourth-order valence-corrected chi connectivity index (χ4v) is 3.27. The molecule has 1 aliphatic heterocycles. The van der Waals surface area contributed by atoms with Crippen LogP contribution in [0.25, 0.3) is 0 Å². The second-order valence-electron chi connectivity index (χ2n) is 7.03. The summed E-state index contributed by atoms with van der Waals surface area (Å²) in [5, 5.41) is 14.6. The van der Waals surface area contributed by atoms with Gasteiger partial charge < -0.3 is 19.5 Å². The van der Waals surface area contributed by atoms with E-state index in [-0.39, 0.29) is 19.7 Å². The number of rotatable bonds is 6. The van der Waals surface area contributed by atoms with Crippen LogP contribution in [0.4, 0.5) is 4.79 Å². The summed E-state index contributed by atoms with van der Waals surface area (Å²) in [6, 6.07) is 19.5. The summed E-state index contributed by atoms with van der Waals surface area (Å²) in [4.78, 5) is 13.8. The predicted octanol–water partition coefficient (Wildman–Crippen LogP) is 2.69. The molecule has 150 valence electrons. The van der Waals surface area contributed by atoms with Crippen molar-refractivity contribution < 1.29 is 19.4 Å². The third-order valence-corrected chi connectivity index (χ3v) is 4.78. The van der Waals surface area contributed by atoms with E-state index in [2.05, 4.69) is 5.10 Å². The summed E-state index contributed by atoms with van der Waals surface area (Å²) in [5.74, 6) is 0.560. The van der Waals surface area contributed by atoms with Crippen molar-refractivity contribution in [1.82, 2.24) is 14.7 Å². The Labute approximate surface area is 169 Å². The van der Waals surface area contributed by atoms with Crippen molar-refractivity contribution in [2.45, 2.75) is 25.4 Å².